The molecule has 0 aliphatic carbocycles. The normalized spacial score (nSPS) is 11.5. The Kier molecular flexibility index (Phi) is 7.55. The van der Waals surface area contributed by atoms with Gasteiger partial charge >= 0.3 is 12.1 Å². The van der Waals surface area contributed by atoms with Crippen molar-refractivity contribution in [2.75, 3.05) is 0 Å². The number of rotatable bonds is 5. The zero-order valence-electron chi connectivity index (χ0n) is 18.3. The first-order chi connectivity index (χ1) is 15.5. The monoisotopic (exact) mass is 475 g/mol. The van der Waals surface area contributed by atoms with Crippen molar-refractivity contribution in [3.8, 4) is 21.1 Å². The fraction of sp³-hybridized carbons (Fsp3) is 0.250. The van der Waals surface area contributed by atoms with Gasteiger partial charge in [0, 0.05) is 17.5 Å². The Bertz CT molecular complexity index is 1250. The summed E-state index contributed by atoms with van der Waals surface area (Å²) in [6.07, 6.45) is -5.08. The highest BCUT2D eigenvalue weighted by Gasteiger charge is 2.38. The number of alkyl halides is 3. The number of nitrogens with one attached hydrogen (secondary N) is 2. The molecular formula is C24H24F3N3O2S. The van der Waals surface area contributed by atoms with Gasteiger partial charge in [0.25, 0.3) is 0 Å². The highest BCUT2D eigenvalue weighted by atomic mass is 32.1. The number of para-hydroxylation sites is 1. The number of aryl methyl sites for hydroxylation is 1. The molecule has 0 fully saturated rings. The fourth-order valence-electron chi connectivity index (χ4n) is 3.07. The van der Waals surface area contributed by atoms with E-state index in [-0.39, 0.29) is 0 Å². The molecule has 0 aliphatic heterocycles. The minimum absolute atomic E-state index is 0.489. The second kappa shape index (κ2) is 10.2. The molecule has 0 bridgehead atoms. The lowest BCUT2D eigenvalue weighted by Gasteiger charge is -2.09. The highest BCUT2D eigenvalue weighted by molar-refractivity contribution is 7.18. The molecule has 0 saturated carbocycles. The van der Waals surface area contributed by atoms with Gasteiger partial charge < -0.3 is 15.4 Å². The lowest BCUT2D eigenvalue weighted by Crippen LogP contribution is -2.21. The predicted octanol–water partition coefficient (Wildman–Crippen LogP) is 6.40. The van der Waals surface area contributed by atoms with Crippen molar-refractivity contribution in [2.45, 2.75) is 39.5 Å². The van der Waals surface area contributed by atoms with Crippen LogP contribution >= 0.6 is 11.3 Å². The SMILES string of the molecule is Cc1cccc2[nH]c(-c3ccc(-c4cccc(CNC(C)C)c4)s3)nc12.O=C(O)C(F)(F)F. The summed E-state index contributed by atoms with van der Waals surface area (Å²) in [5.74, 6) is -1.81. The van der Waals surface area contributed by atoms with E-state index in [4.69, 9.17) is 14.9 Å². The summed E-state index contributed by atoms with van der Waals surface area (Å²) in [6.45, 7) is 7.34. The van der Waals surface area contributed by atoms with Gasteiger partial charge in [-0.1, -0.05) is 44.2 Å². The molecular weight excluding hydrogens is 451 g/mol. The zero-order chi connectivity index (χ0) is 24.2. The second-order valence-electron chi connectivity index (χ2n) is 7.76. The van der Waals surface area contributed by atoms with Crippen molar-refractivity contribution in [1.82, 2.24) is 15.3 Å². The number of fused-ring (bicyclic) bond motifs is 1. The molecule has 4 rings (SSSR count). The third-order valence-corrected chi connectivity index (χ3v) is 5.86. The van der Waals surface area contributed by atoms with Crippen molar-refractivity contribution in [3.05, 3.63) is 65.7 Å². The van der Waals surface area contributed by atoms with Gasteiger partial charge in [-0.25, -0.2) is 9.78 Å². The van der Waals surface area contributed by atoms with Crippen LogP contribution in [0.1, 0.15) is 25.0 Å². The fourth-order valence-corrected chi connectivity index (χ4v) is 4.02. The number of hydrogen-bond donors (Lipinski definition) is 3. The molecule has 33 heavy (non-hydrogen) atoms. The van der Waals surface area contributed by atoms with Gasteiger partial charge in [-0.2, -0.15) is 13.2 Å². The molecule has 4 aromatic rings. The molecule has 2 aromatic heterocycles. The van der Waals surface area contributed by atoms with Crippen LogP contribution in [0, 0.1) is 6.92 Å². The summed E-state index contributed by atoms with van der Waals surface area (Å²) >= 11 is 1.78. The van der Waals surface area contributed by atoms with E-state index in [2.05, 4.69) is 85.7 Å². The van der Waals surface area contributed by atoms with Gasteiger partial charge in [-0.05, 0) is 47.9 Å². The molecule has 0 aliphatic rings. The van der Waals surface area contributed by atoms with Crippen LogP contribution in [-0.4, -0.2) is 33.3 Å². The summed E-state index contributed by atoms with van der Waals surface area (Å²) in [4.78, 5) is 19.6. The molecule has 0 atom stereocenters. The molecule has 2 heterocycles. The molecule has 0 amide bonds. The summed E-state index contributed by atoms with van der Waals surface area (Å²) in [7, 11) is 0. The first-order valence-electron chi connectivity index (χ1n) is 10.2. The number of nitrogens with zero attached hydrogens (tertiary/aromatic N) is 1. The van der Waals surface area contributed by atoms with Gasteiger partial charge in [0.1, 0.15) is 5.82 Å². The summed E-state index contributed by atoms with van der Waals surface area (Å²) in [5.41, 5.74) is 5.92. The Balaban J connectivity index is 0.000000383. The number of carboxylic acids is 1. The molecule has 0 spiro atoms. The zero-order valence-corrected chi connectivity index (χ0v) is 19.1. The molecule has 3 N–H and O–H groups in total. The molecule has 0 radical (unpaired) electrons. The maximum atomic E-state index is 10.6. The molecule has 174 valence electrons. The average Bonchev–Trinajstić information content (AvgIpc) is 3.40. The standard InChI is InChI=1S/C22H23N3S.C2HF3O2/c1-14(2)23-13-16-7-5-8-17(12-16)19-10-11-20(26-19)22-24-18-9-4-6-15(3)21(18)25-22;3-2(4,5)1(6)7/h4-12,14,23H,13H2,1-3H3,(H,24,25);(H,6,7). The van der Waals surface area contributed by atoms with Crippen LogP contribution in [0.3, 0.4) is 0 Å². The molecule has 5 nitrogen and oxygen atoms in total. The largest absolute Gasteiger partial charge is 0.490 e. The number of aliphatic carboxylic acids is 1. The van der Waals surface area contributed by atoms with E-state index in [0.717, 1.165) is 23.4 Å². The van der Waals surface area contributed by atoms with Gasteiger partial charge in [-0.3, -0.25) is 0 Å². The van der Waals surface area contributed by atoms with Gasteiger partial charge in [0.15, 0.2) is 0 Å². The number of halogens is 3. The van der Waals surface area contributed by atoms with Gasteiger partial charge in [-0.15, -0.1) is 11.3 Å². The van der Waals surface area contributed by atoms with Crippen LogP contribution in [-0.2, 0) is 11.3 Å². The summed E-state index contributed by atoms with van der Waals surface area (Å²) < 4.78 is 31.7. The predicted molar refractivity (Wildman–Crippen MR) is 125 cm³/mol. The second-order valence-corrected chi connectivity index (χ2v) is 8.84. The minimum atomic E-state index is -5.08. The maximum absolute atomic E-state index is 10.6. The van der Waals surface area contributed by atoms with E-state index in [1.54, 1.807) is 11.3 Å². The van der Waals surface area contributed by atoms with E-state index in [1.165, 1.54) is 26.4 Å². The van der Waals surface area contributed by atoms with E-state index >= 15 is 0 Å². The minimum Gasteiger partial charge on any atom is -0.475 e. The topological polar surface area (TPSA) is 78.0 Å². The Morgan fingerprint density at radius 1 is 1.12 bits per heavy atom. The Hall–Kier alpha value is -3.17. The average molecular weight is 476 g/mol. The first kappa shape index (κ1) is 24.5. The number of benzene rings is 2. The molecule has 0 unspecified atom stereocenters. The summed E-state index contributed by atoms with van der Waals surface area (Å²) in [6, 6.07) is 19.8. The molecule has 0 saturated heterocycles. The third kappa shape index (κ3) is 6.43. The Labute approximate surface area is 193 Å². The van der Waals surface area contributed by atoms with Crippen molar-refractivity contribution in [2.24, 2.45) is 0 Å². The van der Waals surface area contributed by atoms with E-state index < -0.39 is 12.1 Å². The number of H-pyrrole nitrogens is 1. The van der Waals surface area contributed by atoms with Crippen molar-refractivity contribution in [1.29, 1.82) is 0 Å². The molecule has 2 aromatic carbocycles. The summed E-state index contributed by atoms with van der Waals surface area (Å²) in [5, 5.41) is 10.6. The van der Waals surface area contributed by atoms with Crippen molar-refractivity contribution in [3.63, 3.8) is 0 Å². The smallest absolute Gasteiger partial charge is 0.475 e. The number of thiophene rings is 1. The quantitative estimate of drug-likeness (QED) is 0.312. The first-order valence-corrected chi connectivity index (χ1v) is 11.0. The highest BCUT2D eigenvalue weighted by Crippen LogP contribution is 2.34. The van der Waals surface area contributed by atoms with E-state index in [0.29, 0.717) is 6.04 Å². The number of aromatic nitrogens is 2. The molecule has 9 heteroatoms. The van der Waals surface area contributed by atoms with Crippen LogP contribution in [0.4, 0.5) is 13.2 Å². The van der Waals surface area contributed by atoms with Crippen LogP contribution in [0.15, 0.2) is 54.6 Å². The third-order valence-electron chi connectivity index (χ3n) is 4.72. The number of hydrogen-bond acceptors (Lipinski definition) is 4. The van der Waals surface area contributed by atoms with E-state index in [9.17, 15) is 13.2 Å². The van der Waals surface area contributed by atoms with Crippen LogP contribution in [0.2, 0.25) is 0 Å². The van der Waals surface area contributed by atoms with E-state index in [1.807, 2.05) is 0 Å². The lowest BCUT2D eigenvalue weighted by molar-refractivity contribution is -0.192. The lowest BCUT2D eigenvalue weighted by atomic mass is 10.1. The van der Waals surface area contributed by atoms with Crippen LogP contribution in [0.5, 0.6) is 0 Å². The van der Waals surface area contributed by atoms with Crippen LogP contribution in [0.25, 0.3) is 32.2 Å². The van der Waals surface area contributed by atoms with Crippen molar-refractivity contribution < 1.29 is 23.1 Å². The number of carbonyl (C=O) groups is 1. The van der Waals surface area contributed by atoms with Gasteiger partial charge in [0.05, 0.1) is 15.9 Å². The number of imidazole rings is 1. The Morgan fingerprint density at radius 3 is 2.42 bits per heavy atom. The van der Waals surface area contributed by atoms with Crippen molar-refractivity contribution >= 4 is 28.3 Å². The maximum Gasteiger partial charge on any atom is 0.490 e. The Morgan fingerprint density at radius 2 is 1.79 bits per heavy atom. The van der Waals surface area contributed by atoms with Crippen LogP contribution < -0.4 is 5.32 Å². The number of carboxylic acid groups (broad SMARTS) is 1. The number of aromatic amines is 1. The van der Waals surface area contributed by atoms with Gasteiger partial charge in [0.2, 0.25) is 0 Å².